The molecule has 0 atom stereocenters. The lowest BCUT2D eigenvalue weighted by atomic mass is 9.62. The fourth-order valence-electron chi connectivity index (χ4n) is 2.49. The van der Waals surface area contributed by atoms with Crippen molar-refractivity contribution in [1.82, 2.24) is 10.2 Å². The van der Waals surface area contributed by atoms with E-state index in [1.54, 1.807) is 0 Å². The van der Waals surface area contributed by atoms with Crippen molar-refractivity contribution in [2.75, 3.05) is 46.9 Å². The first kappa shape index (κ1) is 15.4. The van der Waals surface area contributed by atoms with Crippen LogP contribution in [0.5, 0.6) is 0 Å². The van der Waals surface area contributed by atoms with Crippen LogP contribution in [-0.2, 0) is 9.53 Å². The minimum atomic E-state index is -0.303. The van der Waals surface area contributed by atoms with Gasteiger partial charge in [0.15, 0.2) is 0 Å². The maximum absolute atomic E-state index is 12.0. The molecular weight excluding hydrogens is 230 g/mol. The molecule has 3 N–H and O–H groups in total. The summed E-state index contributed by atoms with van der Waals surface area (Å²) >= 11 is 0. The highest BCUT2D eigenvalue weighted by molar-refractivity contribution is 5.83. The minimum absolute atomic E-state index is 0.0966. The number of nitrogens with zero attached hydrogens (tertiary/aromatic N) is 1. The van der Waals surface area contributed by atoms with Crippen molar-refractivity contribution < 1.29 is 9.53 Å². The van der Waals surface area contributed by atoms with E-state index < -0.39 is 0 Å². The summed E-state index contributed by atoms with van der Waals surface area (Å²) in [5.74, 6) is 0.718. The zero-order valence-electron chi connectivity index (χ0n) is 11.9. The standard InChI is InChI=1S/C13H27N3O2/c1-11-8-13(9-11,10-14)12(17)15-4-6-18-7-5-16(2)3/h11H,4-10,14H2,1-3H3,(H,15,17). The number of nitrogens with one attached hydrogen (secondary N) is 1. The fraction of sp³-hybridized carbons (Fsp3) is 0.923. The Morgan fingerprint density at radius 1 is 1.44 bits per heavy atom. The smallest absolute Gasteiger partial charge is 0.227 e. The van der Waals surface area contributed by atoms with Gasteiger partial charge in [-0.25, -0.2) is 0 Å². The molecule has 0 aromatic heterocycles. The summed E-state index contributed by atoms with van der Waals surface area (Å²) in [5.41, 5.74) is 5.42. The Morgan fingerprint density at radius 2 is 2.11 bits per heavy atom. The maximum atomic E-state index is 12.0. The second kappa shape index (κ2) is 7.07. The highest BCUT2D eigenvalue weighted by atomic mass is 16.5. The number of ether oxygens (including phenoxy) is 1. The lowest BCUT2D eigenvalue weighted by Gasteiger charge is -2.44. The van der Waals surface area contributed by atoms with Crippen LogP contribution in [0.4, 0.5) is 0 Å². The Labute approximate surface area is 110 Å². The van der Waals surface area contributed by atoms with Gasteiger partial charge in [-0.3, -0.25) is 4.79 Å². The van der Waals surface area contributed by atoms with Gasteiger partial charge in [-0.15, -0.1) is 0 Å². The average Bonchev–Trinajstić information content (AvgIpc) is 2.28. The van der Waals surface area contributed by atoms with Crippen molar-refractivity contribution >= 4 is 5.91 Å². The highest BCUT2D eigenvalue weighted by Crippen LogP contribution is 2.44. The SMILES string of the molecule is CC1CC(CN)(C(=O)NCCOCCN(C)C)C1. The van der Waals surface area contributed by atoms with E-state index in [2.05, 4.69) is 17.1 Å². The summed E-state index contributed by atoms with van der Waals surface area (Å²) in [6.07, 6.45) is 1.83. The second-order valence-corrected chi connectivity index (χ2v) is 5.67. The Hall–Kier alpha value is -0.650. The monoisotopic (exact) mass is 257 g/mol. The van der Waals surface area contributed by atoms with E-state index in [9.17, 15) is 4.79 Å². The van der Waals surface area contributed by atoms with Crippen molar-refractivity contribution in [3.05, 3.63) is 0 Å². The Kier molecular flexibility index (Phi) is 6.05. The number of amides is 1. The summed E-state index contributed by atoms with van der Waals surface area (Å²) < 4.78 is 5.43. The van der Waals surface area contributed by atoms with Crippen LogP contribution < -0.4 is 11.1 Å². The molecule has 0 bridgehead atoms. The van der Waals surface area contributed by atoms with E-state index in [1.807, 2.05) is 14.1 Å². The van der Waals surface area contributed by atoms with Crippen LogP contribution in [0.15, 0.2) is 0 Å². The van der Waals surface area contributed by atoms with E-state index >= 15 is 0 Å². The van der Waals surface area contributed by atoms with Crippen LogP contribution in [0.3, 0.4) is 0 Å². The third-order valence-corrected chi connectivity index (χ3v) is 3.57. The summed E-state index contributed by atoms with van der Waals surface area (Å²) in [7, 11) is 4.02. The summed E-state index contributed by atoms with van der Waals surface area (Å²) in [5, 5.41) is 2.93. The second-order valence-electron chi connectivity index (χ2n) is 5.67. The van der Waals surface area contributed by atoms with Crippen LogP contribution in [0.2, 0.25) is 0 Å². The molecule has 0 saturated heterocycles. The molecule has 1 fully saturated rings. The molecule has 106 valence electrons. The van der Waals surface area contributed by atoms with Crippen LogP contribution >= 0.6 is 0 Å². The van der Waals surface area contributed by atoms with Gasteiger partial charge in [0.2, 0.25) is 5.91 Å². The molecule has 0 aliphatic heterocycles. The molecule has 1 amide bonds. The van der Waals surface area contributed by atoms with Crippen molar-refractivity contribution in [2.24, 2.45) is 17.1 Å². The number of hydrogen-bond donors (Lipinski definition) is 2. The molecule has 0 aromatic carbocycles. The molecule has 0 radical (unpaired) electrons. The Balaban J connectivity index is 2.10. The van der Waals surface area contributed by atoms with Gasteiger partial charge in [-0.1, -0.05) is 6.92 Å². The van der Waals surface area contributed by atoms with Crippen molar-refractivity contribution in [3.63, 3.8) is 0 Å². The predicted octanol–water partition coefficient (Wildman–Crippen LogP) is 0.0558. The first-order chi connectivity index (χ1) is 8.50. The van der Waals surface area contributed by atoms with E-state index in [4.69, 9.17) is 10.5 Å². The van der Waals surface area contributed by atoms with Gasteiger partial charge in [-0.05, 0) is 32.9 Å². The first-order valence-corrected chi connectivity index (χ1v) is 6.71. The van der Waals surface area contributed by atoms with Gasteiger partial charge in [0.25, 0.3) is 0 Å². The summed E-state index contributed by atoms with van der Waals surface area (Å²) in [6.45, 7) is 5.34. The van der Waals surface area contributed by atoms with Gasteiger partial charge < -0.3 is 20.7 Å². The molecule has 0 heterocycles. The first-order valence-electron chi connectivity index (χ1n) is 6.71. The molecule has 18 heavy (non-hydrogen) atoms. The number of carbonyl (C=O) groups excluding carboxylic acids is 1. The predicted molar refractivity (Wildman–Crippen MR) is 72.3 cm³/mol. The van der Waals surface area contributed by atoms with E-state index in [0.29, 0.717) is 32.2 Å². The number of hydrogen-bond acceptors (Lipinski definition) is 4. The molecule has 0 spiro atoms. The minimum Gasteiger partial charge on any atom is -0.378 e. The summed E-state index contributed by atoms with van der Waals surface area (Å²) in [4.78, 5) is 14.1. The van der Waals surface area contributed by atoms with Gasteiger partial charge in [-0.2, -0.15) is 0 Å². The highest BCUT2D eigenvalue weighted by Gasteiger charge is 2.46. The summed E-state index contributed by atoms with van der Waals surface area (Å²) in [6, 6.07) is 0. The van der Waals surface area contributed by atoms with Crippen LogP contribution in [0.1, 0.15) is 19.8 Å². The van der Waals surface area contributed by atoms with Gasteiger partial charge in [0, 0.05) is 19.6 Å². The molecule has 1 saturated carbocycles. The molecule has 0 aromatic rings. The number of likely N-dealkylation sites (N-methyl/N-ethyl adjacent to an activating group) is 1. The number of carbonyl (C=O) groups is 1. The number of rotatable bonds is 8. The van der Waals surface area contributed by atoms with Crippen molar-refractivity contribution in [1.29, 1.82) is 0 Å². The average molecular weight is 257 g/mol. The third kappa shape index (κ3) is 4.23. The van der Waals surface area contributed by atoms with Gasteiger partial charge >= 0.3 is 0 Å². The zero-order chi connectivity index (χ0) is 13.6. The fourth-order valence-corrected chi connectivity index (χ4v) is 2.49. The van der Waals surface area contributed by atoms with Crippen molar-refractivity contribution in [3.8, 4) is 0 Å². The van der Waals surface area contributed by atoms with Crippen LogP contribution in [0.25, 0.3) is 0 Å². The molecule has 1 aliphatic rings. The molecule has 1 aliphatic carbocycles. The van der Waals surface area contributed by atoms with Crippen molar-refractivity contribution in [2.45, 2.75) is 19.8 Å². The molecule has 1 rings (SSSR count). The lowest BCUT2D eigenvalue weighted by molar-refractivity contribution is -0.138. The molecule has 5 nitrogen and oxygen atoms in total. The lowest BCUT2D eigenvalue weighted by Crippen LogP contribution is -2.53. The zero-order valence-corrected chi connectivity index (χ0v) is 11.9. The topological polar surface area (TPSA) is 67.6 Å². The molecule has 5 heteroatoms. The van der Waals surface area contributed by atoms with E-state index in [1.165, 1.54) is 0 Å². The Morgan fingerprint density at radius 3 is 2.61 bits per heavy atom. The van der Waals surface area contributed by atoms with Crippen LogP contribution in [0, 0.1) is 11.3 Å². The van der Waals surface area contributed by atoms with Gasteiger partial charge in [0.05, 0.1) is 18.6 Å². The van der Waals surface area contributed by atoms with E-state index in [0.717, 1.165) is 19.4 Å². The number of nitrogens with two attached hydrogens (primary N) is 1. The van der Waals surface area contributed by atoms with Crippen LogP contribution in [-0.4, -0.2) is 57.8 Å². The Bertz CT molecular complexity index is 263. The maximum Gasteiger partial charge on any atom is 0.227 e. The molecular formula is C13H27N3O2. The third-order valence-electron chi connectivity index (χ3n) is 3.57. The van der Waals surface area contributed by atoms with Gasteiger partial charge in [0.1, 0.15) is 0 Å². The quantitative estimate of drug-likeness (QED) is 0.603. The normalized spacial score (nSPS) is 27.1. The molecule has 0 unspecified atom stereocenters. The largest absolute Gasteiger partial charge is 0.378 e. The van der Waals surface area contributed by atoms with E-state index in [-0.39, 0.29) is 11.3 Å².